The Bertz CT molecular complexity index is 961. The SMILES string of the molecule is Cc1c2ccccc2cc2c(N)cc3ccccc3c12. The summed E-state index contributed by atoms with van der Waals surface area (Å²) in [4.78, 5) is 0. The Morgan fingerprint density at radius 3 is 2.05 bits per heavy atom. The fourth-order valence-electron chi connectivity index (χ4n) is 3.20. The molecule has 20 heavy (non-hydrogen) atoms. The first-order chi connectivity index (χ1) is 9.75. The number of rotatable bonds is 0. The molecule has 96 valence electrons. The lowest BCUT2D eigenvalue weighted by Gasteiger charge is -2.13. The van der Waals surface area contributed by atoms with Gasteiger partial charge in [-0.1, -0.05) is 48.5 Å². The topological polar surface area (TPSA) is 26.0 Å². The number of nitrogen functional groups attached to an aromatic ring is 1. The van der Waals surface area contributed by atoms with Crippen molar-refractivity contribution in [2.75, 3.05) is 5.73 Å². The fraction of sp³-hybridized carbons (Fsp3) is 0.0526. The first kappa shape index (κ1) is 11.3. The van der Waals surface area contributed by atoms with E-state index < -0.39 is 0 Å². The highest BCUT2D eigenvalue weighted by molar-refractivity contribution is 6.18. The second-order valence-corrected chi connectivity index (χ2v) is 5.33. The molecule has 2 N–H and O–H groups in total. The Labute approximate surface area is 117 Å². The summed E-state index contributed by atoms with van der Waals surface area (Å²) in [6.45, 7) is 2.19. The van der Waals surface area contributed by atoms with Gasteiger partial charge in [0.15, 0.2) is 0 Å². The van der Waals surface area contributed by atoms with Gasteiger partial charge in [-0.3, -0.25) is 0 Å². The Balaban J connectivity index is 2.37. The van der Waals surface area contributed by atoms with Crippen LogP contribution in [0, 0.1) is 6.92 Å². The minimum atomic E-state index is 0.854. The van der Waals surface area contributed by atoms with E-state index in [4.69, 9.17) is 5.73 Å². The molecule has 0 heterocycles. The highest BCUT2D eigenvalue weighted by atomic mass is 14.6. The van der Waals surface area contributed by atoms with E-state index in [-0.39, 0.29) is 0 Å². The lowest BCUT2D eigenvalue weighted by atomic mass is 9.93. The van der Waals surface area contributed by atoms with E-state index in [1.807, 2.05) is 0 Å². The zero-order valence-electron chi connectivity index (χ0n) is 11.4. The lowest BCUT2D eigenvalue weighted by molar-refractivity contribution is 1.59. The van der Waals surface area contributed by atoms with E-state index >= 15 is 0 Å². The third-order valence-electron chi connectivity index (χ3n) is 4.16. The van der Waals surface area contributed by atoms with Crippen LogP contribution in [0.1, 0.15) is 5.56 Å². The van der Waals surface area contributed by atoms with Crippen molar-refractivity contribution in [2.24, 2.45) is 0 Å². The maximum atomic E-state index is 6.28. The van der Waals surface area contributed by atoms with Gasteiger partial charge < -0.3 is 5.73 Å². The number of anilines is 1. The molecule has 0 spiro atoms. The summed E-state index contributed by atoms with van der Waals surface area (Å²) in [6.07, 6.45) is 0. The molecule has 0 fully saturated rings. The molecule has 0 atom stereocenters. The molecule has 0 aliphatic rings. The van der Waals surface area contributed by atoms with E-state index in [2.05, 4.69) is 67.6 Å². The van der Waals surface area contributed by atoms with Crippen molar-refractivity contribution in [3.63, 3.8) is 0 Å². The van der Waals surface area contributed by atoms with Crippen LogP contribution in [0.25, 0.3) is 32.3 Å². The predicted octanol–water partition coefficient (Wildman–Crippen LogP) is 5.04. The molecule has 0 radical (unpaired) electrons. The van der Waals surface area contributed by atoms with Crippen molar-refractivity contribution in [1.29, 1.82) is 0 Å². The predicted molar refractivity (Wildman–Crippen MR) is 88.1 cm³/mol. The normalized spacial score (nSPS) is 11.4. The third-order valence-corrected chi connectivity index (χ3v) is 4.16. The van der Waals surface area contributed by atoms with Crippen molar-refractivity contribution in [2.45, 2.75) is 6.92 Å². The van der Waals surface area contributed by atoms with Crippen LogP contribution in [0.3, 0.4) is 0 Å². The van der Waals surface area contributed by atoms with Crippen LogP contribution in [-0.4, -0.2) is 0 Å². The quantitative estimate of drug-likeness (QED) is 0.267. The zero-order chi connectivity index (χ0) is 13.7. The molecule has 4 aromatic carbocycles. The molecular formula is C19H15N. The maximum Gasteiger partial charge on any atom is 0.0400 e. The van der Waals surface area contributed by atoms with E-state index in [0.29, 0.717) is 0 Å². The van der Waals surface area contributed by atoms with Crippen molar-refractivity contribution in [3.8, 4) is 0 Å². The number of fused-ring (bicyclic) bond motifs is 4. The van der Waals surface area contributed by atoms with E-state index in [1.54, 1.807) is 0 Å². The summed E-state index contributed by atoms with van der Waals surface area (Å²) in [7, 11) is 0. The van der Waals surface area contributed by atoms with Gasteiger partial charge in [0.2, 0.25) is 0 Å². The minimum Gasteiger partial charge on any atom is -0.398 e. The van der Waals surface area contributed by atoms with Crippen molar-refractivity contribution < 1.29 is 0 Å². The van der Waals surface area contributed by atoms with Crippen molar-refractivity contribution >= 4 is 38.0 Å². The number of hydrogen-bond acceptors (Lipinski definition) is 1. The summed E-state index contributed by atoms with van der Waals surface area (Å²) >= 11 is 0. The van der Waals surface area contributed by atoms with Crippen LogP contribution < -0.4 is 5.73 Å². The standard InChI is InChI=1S/C19H15N/c1-12-15-8-4-2-6-13(15)10-17-18(20)11-14-7-3-5-9-16(14)19(12)17/h2-11H,20H2,1H3. The molecule has 0 aliphatic carbocycles. The maximum absolute atomic E-state index is 6.28. The average Bonchev–Trinajstić information content (AvgIpc) is 2.48. The van der Waals surface area contributed by atoms with Crippen LogP contribution in [0.4, 0.5) is 5.69 Å². The van der Waals surface area contributed by atoms with Crippen LogP contribution in [0.2, 0.25) is 0 Å². The molecule has 1 nitrogen and oxygen atoms in total. The smallest absolute Gasteiger partial charge is 0.0400 e. The molecule has 0 saturated heterocycles. The second-order valence-electron chi connectivity index (χ2n) is 5.33. The average molecular weight is 257 g/mol. The highest BCUT2D eigenvalue weighted by Gasteiger charge is 2.09. The summed E-state index contributed by atoms with van der Waals surface area (Å²) in [5, 5.41) is 7.46. The Hall–Kier alpha value is -2.54. The molecule has 0 saturated carbocycles. The molecule has 0 bridgehead atoms. The molecule has 4 rings (SSSR count). The van der Waals surface area contributed by atoms with Crippen LogP contribution in [-0.2, 0) is 0 Å². The highest BCUT2D eigenvalue weighted by Crippen LogP contribution is 2.36. The van der Waals surface area contributed by atoms with Gasteiger partial charge in [-0.15, -0.1) is 0 Å². The summed E-state index contributed by atoms with van der Waals surface area (Å²) in [6, 6.07) is 21.2. The van der Waals surface area contributed by atoms with Gasteiger partial charge in [0.1, 0.15) is 0 Å². The summed E-state index contributed by atoms with van der Waals surface area (Å²) in [5.74, 6) is 0. The monoisotopic (exact) mass is 257 g/mol. The van der Waals surface area contributed by atoms with E-state index in [1.165, 1.54) is 32.5 Å². The van der Waals surface area contributed by atoms with Gasteiger partial charge in [0.25, 0.3) is 0 Å². The van der Waals surface area contributed by atoms with Crippen molar-refractivity contribution in [3.05, 3.63) is 66.2 Å². The molecule has 4 aromatic rings. The van der Waals surface area contributed by atoms with E-state index in [9.17, 15) is 0 Å². The number of benzene rings is 4. The van der Waals surface area contributed by atoms with Crippen LogP contribution in [0.5, 0.6) is 0 Å². The Morgan fingerprint density at radius 2 is 1.30 bits per heavy atom. The first-order valence-corrected chi connectivity index (χ1v) is 6.85. The second kappa shape index (κ2) is 3.97. The number of hydrogen-bond donors (Lipinski definition) is 1. The molecule has 0 amide bonds. The molecule has 0 aliphatic heterocycles. The molecule has 1 heteroatoms. The molecule has 0 unspecified atom stereocenters. The van der Waals surface area contributed by atoms with Gasteiger partial charge in [-0.25, -0.2) is 0 Å². The summed E-state index contributed by atoms with van der Waals surface area (Å²) in [5.41, 5.74) is 8.44. The zero-order valence-corrected chi connectivity index (χ0v) is 11.4. The van der Waals surface area contributed by atoms with Gasteiger partial charge in [-0.05, 0) is 51.6 Å². The van der Waals surface area contributed by atoms with Crippen LogP contribution in [0.15, 0.2) is 60.7 Å². The van der Waals surface area contributed by atoms with Crippen molar-refractivity contribution in [1.82, 2.24) is 0 Å². The molecular weight excluding hydrogens is 242 g/mol. The summed E-state index contributed by atoms with van der Waals surface area (Å²) < 4.78 is 0. The minimum absolute atomic E-state index is 0.854. The Kier molecular flexibility index (Phi) is 2.25. The van der Waals surface area contributed by atoms with Gasteiger partial charge >= 0.3 is 0 Å². The van der Waals surface area contributed by atoms with E-state index in [0.717, 1.165) is 11.1 Å². The fourth-order valence-corrected chi connectivity index (χ4v) is 3.20. The van der Waals surface area contributed by atoms with Crippen LogP contribution >= 0.6 is 0 Å². The van der Waals surface area contributed by atoms with Gasteiger partial charge in [-0.2, -0.15) is 0 Å². The van der Waals surface area contributed by atoms with Gasteiger partial charge in [0, 0.05) is 11.1 Å². The molecule has 0 aromatic heterocycles. The number of nitrogens with two attached hydrogens (primary N) is 1. The lowest BCUT2D eigenvalue weighted by Crippen LogP contribution is -1.91. The first-order valence-electron chi connectivity index (χ1n) is 6.85. The largest absolute Gasteiger partial charge is 0.398 e. The number of aryl methyl sites for hydroxylation is 1. The van der Waals surface area contributed by atoms with Gasteiger partial charge in [0.05, 0.1) is 0 Å². The third kappa shape index (κ3) is 1.44. The Morgan fingerprint density at radius 1 is 0.700 bits per heavy atom.